The van der Waals surface area contributed by atoms with Crippen molar-refractivity contribution in [1.29, 1.82) is 0 Å². The van der Waals surface area contributed by atoms with Gasteiger partial charge in [-0.05, 0) is 66.0 Å². The molecule has 209 valence electrons. The fourth-order valence-electron chi connectivity index (χ4n) is 3.47. The number of anilines is 1. The largest absolute Gasteiger partial charge is 1.00 e. The summed E-state index contributed by atoms with van der Waals surface area (Å²) in [6.45, 7) is 0. The van der Waals surface area contributed by atoms with E-state index in [1.54, 1.807) is 43.1 Å². The van der Waals surface area contributed by atoms with E-state index in [-0.39, 0.29) is 31.0 Å². The average molecular weight is 793 g/mol. The van der Waals surface area contributed by atoms with Crippen LogP contribution in [0.15, 0.2) is 140 Å². The minimum Gasteiger partial charge on any atom is -0.343 e. The fourth-order valence-corrected chi connectivity index (χ4v) is 3.61. The van der Waals surface area contributed by atoms with Gasteiger partial charge < -0.3 is 10.3 Å². The summed E-state index contributed by atoms with van der Waals surface area (Å²) in [5, 5.41) is 3.05. The van der Waals surface area contributed by atoms with Gasteiger partial charge in [0.2, 0.25) is 5.91 Å². The molecule has 6 rings (SSSR count). The molecule has 0 spiro atoms. The molecule has 1 radical (unpaired) electrons. The third-order valence-electron chi connectivity index (χ3n) is 5.33. The zero-order chi connectivity index (χ0) is 28.5. The van der Waals surface area contributed by atoms with Gasteiger partial charge in [-0.2, -0.15) is 0 Å². The molecule has 9 heteroatoms. The Balaban J connectivity index is 0.000000175. The van der Waals surface area contributed by atoms with Crippen LogP contribution < -0.4 is 5.32 Å². The van der Waals surface area contributed by atoms with Crippen LogP contribution in [-0.2, 0) is 24.6 Å². The van der Waals surface area contributed by atoms with Crippen molar-refractivity contribution in [2.45, 2.75) is 0 Å². The van der Waals surface area contributed by atoms with Gasteiger partial charge in [0.05, 0.1) is 28.1 Å². The zero-order valence-electron chi connectivity index (χ0n) is 22.4. The van der Waals surface area contributed by atoms with Gasteiger partial charge in [0.15, 0.2) is 0 Å². The first kappa shape index (κ1) is 32.1. The summed E-state index contributed by atoms with van der Waals surface area (Å²) in [5.74, 6) is -0.0804. The van der Waals surface area contributed by atoms with Crippen LogP contribution in [-0.4, -0.2) is 36.2 Å². The van der Waals surface area contributed by atoms with Gasteiger partial charge in [-0.25, -0.2) is 0 Å². The number of aromatic nitrogens is 5. The third-order valence-corrected chi connectivity index (χ3v) is 5.84. The molecule has 42 heavy (non-hydrogen) atoms. The molecule has 5 heterocycles. The van der Waals surface area contributed by atoms with Crippen LogP contribution in [0.3, 0.4) is 0 Å². The van der Waals surface area contributed by atoms with E-state index in [2.05, 4.69) is 52.2 Å². The number of amides is 1. The molecule has 0 saturated heterocycles. The maximum atomic E-state index is 11.2. The fraction of sp³-hybridized carbons (Fsp3) is 0.0303. The number of nitrogens with one attached hydrogen (secondary N) is 1. The molecule has 0 aliphatic heterocycles. The van der Waals surface area contributed by atoms with E-state index in [4.69, 9.17) is 0 Å². The number of rotatable bonds is 5. The zero-order valence-corrected chi connectivity index (χ0v) is 26.5. The number of halogens is 1. The molecule has 7 nitrogen and oxygen atoms in total. The average Bonchev–Trinajstić information content (AvgIpc) is 3.07. The Morgan fingerprint density at radius 2 is 0.976 bits per heavy atom. The van der Waals surface area contributed by atoms with Gasteiger partial charge >= 0.3 is 19.8 Å². The van der Waals surface area contributed by atoms with Crippen molar-refractivity contribution in [1.82, 2.24) is 24.9 Å². The second kappa shape index (κ2) is 18.1. The standard InChI is InChI=1S/C13H10BrN2O.2C10H8N2.Os/c14-9-13(17)16-11-5-3-4-10(8-11)12-6-1-2-7-15-12;2*1-3-7-11-9(5-1)10-6-2-4-8-12-10;/h1-3,5-8H,9H2,(H,16,17);2*1-8H;/q-1;;;+1. The SMILES string of the molecule is O=C(CBr)Nc1cc[c-]c(-c2ccccn2)c1.[Os+].c1ccc(-c2ccccn2)nc1.c1ccc(-c2ccccn2)nc1. The number of nitrogens with zero attached hydrogens (tertiary/aromatic N) is 5. The maximum Gasteiger partial charge on any atom is 1.00 e. The Bertz CT molecular complexity index is 1450. The van der Waals surface area contributed by atoms with Crippen molar-refractivity contribution in [3.63, 3.8) is 0 Å². The van der Waals surface area contributed by atoms with Gasteiger partial charge in [-0.3, -0.25) is 24.7 Å². The summed E-state index contributed by atoms with van der Waals surface area (Å²) < 4.78 is 0. The van der Waals surface area contributed by atoms with Crippen molar-refractivity contribution in [2.75, 3.05) is 10.6 Å². The molecule has 5 aromatic heterocycles. The molecular weight excluding hydrogens is 767 g/mol. The molecule has 0 bridgehead atoms. The molecule has 1 aromatic carbocycles. The molecule has 0 fully saturated rings. The summed E-state index contributed by atoms with van der Waals surface area (Å²) in [4.78, 5) is 32.2. The molecule has 6 aromatic rings. The first-order valence-electron chi connectivity index (χ1n) is 12.7. The quantitative estimate of drug-likeness (QED) is 0.147. The van der Waals surface area contributed by atoms with Crippen molar-refractivity contribution < 1.29 is 24.6 Å². The molecule has 1 amide bonds. The van der Waals surface area contributed by atoms with Crippen molar-refractivity contribution >= 4 is 27.5 Å². The number of benzene rings is 1. The summed E-state index contributed by atoms with van der Waals surface area (Å²) in [5.41, 5.74) is 6.10. The first-order chi connectivity index (χ1) is 20.2. The van der Waals surface area contributed by atoms with Gasteiger partial charge in [0.25, 0.3) is 0 Å². The van der Waals surface area contributed by atoms with Gasteiger partial charge in [-0.15, -0.1) is 29.8 Å². The molecular formula is C33H26BrN6OOs. The molecule has 1 N–H and O–H groups in total. The van der Waals surface area contributed by atoms with E-state index < -0.39 is 0 Å². The Morgan fingerprint density at radius 3 is 1.31 bits per heavy atom. The molecule has 0 aliphatic rings. The first-order valence-corrected chi connectivity index (χ1v) is 13.8. The summed E-state index contributed by atoms with van der Waals surface area (Å²) in [6, 6.07) is 37.4. The maximum absolute atomic E-state index is 11.2. The molecule has 0 atom stereocenters. The van der Waals surface area contributed by atoms with Crippen LogP contribution in [0.25, 0.3) is 34.0 Å². The van der Waals surface area contributed by atoms with Gasteiger partial charge in [0.1, 0.15) is 0 Å². The smallest absolute Gasteiger partial charge is 0.343 e. The topological polar surface area (TPSA) is 93.6 Å². The predicted molar refractivity (Wildman–Crippen MR) is 166 cm³/mol. The van der Waals surface area contributed by atoms with Crippen LogP contribution >= 0.6 is 15.9 Å². The number of pyridine rings is 5. The summed E-state index contributed by atoms with van der Waals surface area (Å²) in [7, 11) is 0. The van der Waals surface area contributed by atoms with Crippen LogP contribution in [0.2, 0.25) is 0 Å². The number of hydrogen-bond acceptors (Lipinski definition) is 6. The molecule has 0 unspecified atom stereocenters. The van der Waals surface area contributed by atoms with Crippen LogP contribution in [0.1, 0.15) is 0 Å². The van der Waals surface area contributed by atoms with Crippen LogP contribution in [0, 0.1) is 6.07 Å². The number of hydrogen-bond donors (Lipinski definition) is 1. The Morgan fingerprint density at radius 1 is 0.595 bits per heavy atom. The monoisotopic (exact) mass is 793 g/mol. The number of carbonyl (C=O) groups is 1. The minimum atomic E-state index is -0.0804. The Hall–Kier alpha value is -4.44. The van der Waals surface area contributed by atoms with Crippen LogP contribution in [0.5, 0.6) is 0 Å². The van der Waals surface area contributed by atoms with E-state index in [1.807, 2.05) is 97.1 Å². The Kier molecular flexibility index (Phi) is 13.8. The molecule has 0 saturated carbocycles. The van der Waals surface area contributed by atoms with E-state index >= 15 is 0 Å². The minimum absolute atomic E-state index is 0. The Labute approximate surface area is 266 Å². The molecule has 0 aliphatic carbocycles. The van der Waals surface area contributed by atoms with E-state index in [0.29, 0.717) is 0 Å². The predicted octanol–water partition coefficient (Wildman–Crippen LogP) is 7.17. The second-order valence-electron chi connectivity index (χ2n) is 8.25. The van der Waals surface area contributed by atoms with E-state index in [9.17, 15) is 4.79 Å². The van der Waals surface area contributed by atoms with Crippen molar-refractivity contribution in [2.24, 2.45) is 0 Å². The normalized spacial score (nSPS) is 9.55. The second-order valence-corrected chi connectivity index (χ2v) is 8.81. The van der Waals surface area contributed by atoms with Gasteiger partial charge in [0, 0.05) is 31.0 Å². The van der Waals surface area contributed by atoms with Crippen molar-refractivity contribution in [3.8, 4) is 34.0 Å². The summed E-state index contributed by atoms with van der Waals surface area (Å²) >= 11 is 3.10. The summed E-state index contributed by atoms with van der Waals surface area (Å²) in [6.07, 6.45) is 8.80. The number of carbonyl (C=O) groups excluding carboxylic acids is 1. The van der Waals surface area contributed by atoms with Crippen LogP contribution in [0.4, 0.5) is 5.69 Å². The van der Waals surface area contributed by atoms with E-state index in [1.165, 1.54) is 0 Å². The van der Waals surface area contributed by atoms with Crippen molar-refractivity contribution in [3.05, 3.63) is 146 Å². The number of alkyl halides is 1. The third kappa shape index (κ3) is 10.5. The van der Waals surface area contributed by atoms with Gasteiger partial charge in [-0.1, -0.05) is 52.3 Å². The van der Waals surface area contributed by atoms with E-state index in [0.717, 1.165) is 39.7 Å².